The lowest BCUT2D eigenvalue weighted by Crippen LogP contribution is -2.00. The molecule has 27 heavy (non-hydrogen) atoms. The van der Waals surface area contributed by atoms with E-state index < -0.39 is 0 Å². The Morgan fingerprint density at radius 1 is 0.778 bits per heavy atom. The number of aryl methyl sites for hydroxylation is 3. The average Bonchev–Trinajstić information content (AvgIpc) is 3.56. The number of hydrogen-bond acceptors (Lipinski definition) is 0. The summed E-state index contributed by atoms with van der Waals surface area (Å²) < 4.78 is 0.709. The maximum atomic E-state index is 2.69. The molecule has 0 saturated heterocycles. The van der Waals surface area contributed by atoms with Crippen molar-refractivity contribution in [2.75, 3.05) is 0 Å². The van der Waals surface area contributed by atoms with Crippen LogP contribution >= 0.6 is 22.6 Å². The van der Waals surface area contributed by atoms with Crippen LogP contribution in [0.1, 0.15) is 113 Å². The van der Waals surface area contributed by atoms with Gasteiger partial charge < -0.3 is 0 Å². The van der Waals surface area contributed by atoms with Crippen molar-refractivity contribution in [3.63, 3.8) is 0 Å². The first-order valence-electron chi connectivity index (χ1n) is 11.7. The Hall–Kier alpha value is -0.0500. The second-order valence-corrected chi connectivity index (χ2v) is 12.1. The molecule has 2 saturated carbocycles. The van der Waals surface area contributed by atoms with E-state index in [0.29, 0.717) is 3.42 Å². The zero-order chi connectivity index (χ0) is 19.3. The summed E-state index contributed by atoms with van der Waals surface area (Å²) in [5.74, 6) is 0. The molecule has 0 nitrogen and oxygen atoms in total. The van der Waals surface area contributed by atoms with Crippen molar-refractivity contribution in [2.45, 2.75) is 121 Å². The molecular weight excluding hydrogens is 439 g/mol. The quantitative estimate of drug-likeness (QED) is 0.151. The molecule has 0 atom stereocenters. The Bertz CT molecular complexity index is 607. The highest BCUT2D eigenvalue weighted by Gasteiger charge is 2.39. The summed E-state index contributed by atoms with van der Waals surface area (Å²) in [7, 11) is 0. The Kier molecular flexibility index (Phi) is 7.73. The molecule has 2 aliphatic carbocycles. The van der Waals surface area contributed by atoms with Crippen LogP contribution in [0.5, 0.6) is 0 Å². The highest BCUT2D eigenvalue weighted by Crippen LogP contribution is 2.52. The SMILES string of the molecule is CCC1(CCCCCc2cc(C)cc(CCCCCC3(I)CC3)c2C)CC1. The fourth-order valence-electron chi connectivity index (χ4n) is 4.80. The van der Waals surface area contributed by atoms with E-state index >= 15 is 0 Å². The second-order valence-electron chi connectivity index (χ2n) is 9.83. The number of alkyl halides is 1. The predicted octanol–water partition coefficient (Wildman–Crippen LogP) is 8.67. The zero-order valence-corrected chi connectivity index (χ0v) is 20.3. The maximum absolute atomic E-state index is 2.69. The largest absolute Gasteiger partial charge is 0.0789 e. The van der Waals surface area contributed by atoms with Crippen LogP contribution in [0.15, 0.2) is 12.1 Å². The molecule has 1 aromatic carbocycles. The van der Waals surface area contributed by atoms with Gasteiger partial charge in [-0.15, -0.1) is 0 Å². The minimum Gasteiger partial charge on any atom is -0.0789 e. The molecule has 0 radical (unpaired) electrons. The van der Waals surface area contributed by atoms with Crippen molar-refractivity contribution in [3.8, 4) is 0 Å². The molecular formula is C26H41I. The van der Waals surface area contributed by atoms with E-state index in [2.05, 4.69) is 55.5 Å². The van der Waals surface area contributed by atoms with E-state index in [4.69, 9.17) is 0 Å². The van der Waals surface area contributed by atoms with Gasteiger partial charge in [0.1, 0.15) is 0 Å². The highest BCUT2D eigenvalue weighted by molar-refractivity contribution is 14.1. The number of hydrogen-bond donors (Lipinski definition) is 0. The Labute approximate surface area is 182 Å². The van der Waals surface area contributed by atoms with Gasteiger partial charge in [-0.1, -0.05) is 79.3 Å². The fraction of sp³-hybridized carbons (Fsp3) is 0.769. The third-order valence-corrected chi connectivity index (χ3v) is 9.11. The van der Waals surface area contributed by atoms with E-state index in [1.54, 1.807) is 16.7 Å². The standard InChI is InChI=1S/C26H41I/c1-4-25(15-16-25)13-9-5-7-11-23-19-21(2)20-24(22(23)3)12-8-6-10-14-26(27)17-18-26/h19-20H,4-18H2,1-3H3. The fourth-order valence-corrected chi connectivity index (χ4v) is 5.45. The number of unbranched alkanes of at least 4 members (excludes halogenated alkanes) is 4. The van der Waals surface area contributed by atoms with Crippen molar-refractivity contribution in [1.82, 2.24) is 0 Å². The summed E-state index contributed by atoms with van der Waals surface area (Å²) in [6, 6.07) is 4.91. The van der Waals surface area contributed by atoms with Crippen molar-refractivity contribution in [3.05, 3.63) is 34.4 Å². The van der Waals surface area contributed by atoms with Crippen LogP contribution in [0.2, 0.25) is 0 Å². The van der Waals surface area contributed by atoms with Crippen molar-refractivity contribution in [2.24, 2.45) is 5.41 Å². The Morgan fingerprint density at radius 3 is 1.81 bits per heavy atom. The van der Waals surface area contributed by atoms with E-state index in [1.165, 1.54) is 102 Å². The first-order chi connectivity index (χ1) is 13.0. The van der Waals surface area contributed by atoms with Gasteiger partial charge in [-0.25, -0.2) is 0 Å². The molecule has 0 amide bonds. The van der Waals surface area contributed by atoms with Gasteiger partial charge in [0, 0.05) is 3.42 Å². The van der Waals surface area contributed by atoms with Crippen molar-refractivity contribution < 1.29 is 0 Å². The summed E-state index contributed by atoms with van der Waals surface area (Å²) in [6.07, 6.45) is 21.3. The Balaban J connectivity index is 1.39. The normalized spacial score (nSPS) is 19.3. The zero-order valence-electron chi connectivity index (χ0n) is 18.1. The van der Waals surface area contributed by atoms with E-state index in [9.17, 15) is 0 Å². The molecule has 0 aromatic heterocycles. The van der Waals surface area contributed by atoms with Crippen LogP contribution in [0.3, 0.4) is 0 Å². The van der Waals surface area contributed by atoms with Crippen LogP contribution in [-0.2, 0) is 12.8 Å². The van der Waals surface area contributed by atoms with Gasteiger partial charge in [0.2, 0.25) is 0 Å². The smallest absolute Gasteiger partial charge is 0.0223 e. The van der Waals surface area contributed by atoms with Crippen LogP contribution in [0, 0.1) is 19.3 Å². The number of rotatable bonds is 13. The van der Waals surface area contributed by atoms with Crippen molar-refractivity contribution in [1.29, 1.82) is 0 Å². The summed E-state index contributed by atoms with van der Waals surface area (Å²) in [5.41, 5.74) is 7.11. The van der Waals surface area contributed by atoms with Crippen LogP contribution in [0.4, 0.5) is 0 Å². The molecule has 1 heteroatoms. The highest BCUT2D eigenvalue weighted by atomic mass is 127. The van der Waals surface area contributed by atoms with E-state index in [0.717, 1.165) is 5.41 Å². The topological polar surface area (TPSA) is 0 Å². The summed E-state index contributed by atoms with van der Waals surface area (Å²) in [5, 5.41) is 0. The molecule has 0 N–H and O–H groups in total. The molecule has 0 spiro atoms. The second kappa shape index (κ2) is 9.63. The monoisotopic (exact) mass is 480 g/mol. The van der Waals surface area contributed by atoms with E-state index in [1.807, 2.05) is 0 Å². The molecule has 2 fully saturated rings. The van der Waals surface area contributed by atoms with Gasteiger partial charge >= 0.3 is 0 Å². The Morgan fingerprint density at radius 2 is 1.33 bits per heavy atom. The lowest BCUT2D eigenvalue weighted by Gasteiger charge is -2.15. The van der Waals surface area contributed by atoms with Crippen molar-refractivity contribution >= 4 is 22.6 Å². The van der Waals surface area contributed by atoms with Gasteiger partial charge in [0.25, 0.3) is 0 Å². The van der Waals surface area contributed by atoms with E-state index in [-0.39, 0.29) is 0 Å². The van der Waals surface area contributed by atoms with Gasteiger partial charge in [0.15, 0.2) is 0 Å². The van der Waals surface area contributed by atoms with Gasteiger partial charge in [-0.3, -0.25) is 0 Å². The van der Waals surface area contributed by atoms with Crippen LogP contribution < -0.4 is 0 Å². The van der Waals surface area contributed by atoms with Crippen LogP contribution in [0.25, 0.3) is 0 Å². The lowest BCUT2D eigenvalue weighted by molar-refractivity contribution is 0.422. The molecule has 152 valence electrons. The molecule has 0 aliphatic heterocycles. The lowest BCUT2D eigenvalue weighted by atomic mass is 9.91. The molecule has 0 bridgehead atoms. The minimum atomic E-state index is 0.709. The molecule has 2 aliphatic rings. The molecule has 0 unspecified atom stereocenters. The molecule has 3 rings (SSSR count). The average molecular weight is 481 g/mol. The summed E-state index contributed by atoms with van der Waals surface area (Å²) in [6.45, 7) is 7.05. The van der Waals surface area contributed by atoms with Gasteiger partial charge in [0.05, 0.1) is 0 Å². The number of benzene rings is 1. The molecule has 0 heterocycles. The van der Waals surface area contributed by atoms with Crippen LogP contribution in [-0.4, -0.2) is 3.42 Å². The first kappa shape index (κ1) is 21.7. The maximum Gasteiger partial charge on any atom is 0.0223 e. The number of halogens is 1. The van der Waals surface area contributed by atoms with Gasteiger partial charge in [-0.05, 0) is 100 Å². The van der Waals surface area contributed by atoms with Gasteiger partial charge in [-0.2, -0.15) is 0 Å². The summed E-state index contributed by atoms with van der Waals surface area (Å²) >= 11 is 2.69. The third-order valence-electron chi connectivity index (χ3n) is 7.49. The predicted molar refractivity (Wildman–Crippen MR) is 128 cm³/mol. The third kappa shape index (κ3) is 6.75. The first-order valence-corrected chi connectivity index (χ1v) is 12.8. The minimum absolute atomic E-state index is 0.709. The molecule has 1 aromatic rings. The summed E-state index contributed by atoms with van der Waals surface area (Å²) in [4.78, 5) is 0.